The van der Waals surface area contributed by atoms with Crippen molar-refractivity contribution < 1.29 is 8.42 Å². The van der Waals surface area contributed by atoms with E-state index in [2.05, 4.69) is 0 Å². The van der Waals surface area contributed by atoms with Gasteiger partial charge in [0.25, 0.3) is 0 Å². The van der Waals surface area contributed by atoms with Crippen molar-refractivity contribution >= 4 is 21.8 Å². The lowest BCUT2D eigenvalue weighted by atomic mass is 10.1. The number of hydrogen-bond donors (Lipinski definition) is 0. The first-order chi connectivity index (χ1) is 7.93. The molecule has 1 aliphatic heterocycles. The lowest BCUT2D eigenvalue weighted by Crippen LogP contribution is -2.28. The molecule has 1 heterocycles. The summed E-state index contributed by atoms with van der Waals surface area (Å²) in [5, 5.41) is 0. The van der Waals surface area contributed by atoms with Gasteiger partial charge in [0.1, 0.15) is 0 Å². The van der Waals surface area contributed by atoms with Gasteiger partial charge in [-0.05, 0) is 43.5 Å². The fourth-order valence-corrected chi connectivity index (χ4v) is 5.04. The third-order valence-corrected chi connectivity index (χ3v) is 6.25. The molecule has 0 aliphatic carbocycles. The van der Waals surface area contributed by atoms with Gasteiger partial charge in [-0.1, -0.05) is 6.07 Å². The molecule has 1 fully saturated rings. The molecule has 1 saturated heterocycles. The predicted octanol–water partition coefficient (Wildman–Crippen LogP) is 2.31. The molecule has 1 aromatic carbocycles. The van der Waals surface area contributed by atoms with Crippen LogP contribution in [-0.4, -0.2) is 30.9 Å². The molecule has 0 aromatic heterocycles. The summed E-state index contributed by atoms with van der Waals surface area (Å²) in [5.41, 5.74) is 3.00. The van der Waals surface area contributed by atoms with E-state index < -0.39 is 10.0 Å². The van der Waals surface area contributed by atoms with Crippen molar-refractivity contribution in [2.75, 3.05) is 18.2 Å². The van der Waals surface area contributed by atoms with E-state index >= 15 is 0 Å². The summed E-state index contributed by atoms with van der Waals surface area (Å²) in [5.74, 6) is 1.47. The molecule has 1 aliphatic rings. The van der Waals surface area contributed by atoms with Crippen molar-refractivity contribution in [1.29, 1.82) is 0 Å². The van der Waals surface area contributed by atoms with Crippen LogP contribution in [0.25, 0.3) is 0 Å². The van der Waals surface area contributed by atoms with Crippen molar-refractivity contribution in [1.82, 2.24) is 4.31 Å². The average molecular weight is 271 g/mol. The van der Waals surface area contributed by atoms with Gasteiger partial charge in [0.05, 0.1) is 10.8 Å². The summed E-state index contributed by atoms with van der Waals surface area (Å²) in [6.07, 6.45) is 0. The van der Waals surface area contributed by atoms with Gasteiger partial charge in [-0.2, -0.15) is 4.31 Å². The number of rotatable bonds is 2. The molecular weight excluding hydrogens is 254 g/mol. The van der Waals surface area contributed by atoms with Gasteiger partial charge in [0, 0.05) is 12.3 Å². The fourth-order valence-electron chi connectivity index (χ4n) is 1.94. The van der Waals surface area contributed by atoms with Gasteiger partial charge in [-0.25, -0.2) is 8.42 Å². The van der Waals surface area contributed by atoms with Crippen LogP contribution < -0.4 is 0 Å². The summed E-state index contributed by atoms with van der Waals surface area (Å²) in [4.78, 5) is 0.461. The Morgan fingerprint density at radius 2 is 1.76 bits per heavy atom. The van der Waals surface area contributed by atoms with Crippen LogP contribution in [0.3, 0.4) is 0 Å². The minimum Gasteiger partial charge on any atom is -0.207 e. The third kappa shape index (κ3) is 2.37. The Morgan fingerprint density at radius 1 is 1.12 bits per heavy atom. The number of nitrogens with zero attached hydrogens (tertiary/aromatic N) is 1. The van der Waals surface area contributed by atoms with E-state index in [0.717, 1.165) is 22.4 Å². The molecule has 94 valence electrons. The topological polar surface area (TPSA) is 37.4 Å². The van der Waals surface area contributed by atoms with Crippen LogP contribution in [0.4, 0.5) is 0 Å². The Labute approximate surface area is 107 Å². The van der Waals surface area contributed by atoms with Crippen LogP contribution in [0.5, 0.6) is 0 Å². The van der Waals surface area contributed by atoms with Crippen molar-refractivity contribution in [3.05, 3.63) is 28.8 Å². The normalized spacial score (nSPS) is 17.6. The molecule has 0 radical (unpaired) electrons. The first kappa shape index (κ1) is 12.9. The van der Waals surface area contributed by atoms with Gasteiger partial charge < -0.3 is 0 Å². The van der Waals surface area contributed by atoms with Crippen LogP contribution in [0.15, 0.2) is 17.0 Å². The quantitative estimate of drug-likeness (QED) is 0.828. The van der Waals surface area contributed by atoms with Crippen molar-refractivity contribution in [2.45, 2.75) is 25.7 Å². The summed E-state index contributed by atoms with van der Waals surface area (Å²) >= 11 is 1.66. The molecule has 0 saturated carbocycles. The second-order valence-electron chi connectivity index (χ2n) is 4.42. The third-order valence-electron chi connectivity index (χ3n) is 3.13. The maximum absolute atomic E-state index is 12.4. The predicted molar refractivity (Wildman–Crippen MR) is 71.9 cm³/mol. The van der Waals surface area contributed by atoms with E-state index in [0.29, 0.717) is 17.3 Å². The van der Waals surface area contributed by atoms with Gasteiger partial charge in [0.2, 0.25) is 10.0 Å². The highest BCUT2D eigenvalue weighted by Gasteiger charge is 2.29. The molecule has 0 atom stereocenters. The molecule has 2 rings (SSSR count). The lowest BCUT2D eigenvalue weighted by molar-refractivity contribution is 0.489. The van der Waals surface area contributed by atoms with E-state index in [1.165, 1.54) is 0 Å². The number of benzene rings is 1. The smallest absolute Gasteiger partial charge is 0.207 e. The lowest BCUT2D eigenvalue weighted by Gasteiger charge is -2.17. The molecule has 17 heavy (non-hydrogen) atoms. The van der Waals surface area contributed by atoms with E-state index in [9.17, 15) is 8.42 Å². The molecule has 0 bridgehead atoms. The van der Waals surface area contributed by atoms with Crippen LogP contribution >= 0.6 is 11.8 Å². The average Bonchev–Trinajstić information content (AvgIpc) is 2.77. The first-order valence-electron chi connectivity index (χ1n) is 5.58. The van der Waals surface area contributed by atoms with Crippen molar-refractivity contribution in [3.8, 4) is 0 Å². The second kappa shape index (κ2) is 4.63. The zero-order valence-electron chi connectivity index (χ0n) is 10.4. The minimum absolute atomic E-state index is 0.461. The Bertz CT molecular complexity index is 532. The highest BCUT2D eigenvalue weighted by Crippen LogP contribution is 2.27. The largest absolute Gasteiger partial charge is 0.244 e. The van der Waals surface area contributed by atoms with Gasteiger partial charge in [-0.15, -0.1) is 11.8 Å². The standard InChI is InChI=1S/C12H17NO2S2/c1-9-6-11(3)12(7-10(9)2)17(14,15)13-4-5-16-8-13/h6-7H,4-5,8H2,1-3H3. The Hall–Kier alpha value is -0.520. The number of thioether (sulfide) groups is 1. The molecule has 5 heteroatoms. The SMILES string of the molecule is Cc1cc(C)c(S(=O)(=O)N2CCSC2)cc1C. The van der Waals surface area contributed by atoms with E-state index in [4.69, 9.17) is 0 Å². The fraction of sp³-hybridized carbons (Fsp3) is 0.500. The second-order valence-corrected chi connectivity index (χ2v) is 7.40. The summed E-state index contributed by atoms with van der Waals surface area (Å²) in [6, 6.07) is 3.74. The zero-order valence-corrected chi connectivity index (χ0v) is 12.0. The van der Waals surface area contributed by atoms with Gasteiger partial charge in [-0.3, -0.25) is 0 Å². The number of hydrogen-bond acceptors (Lipinski definition) is 3. The van der Waals surface area contributed by atoms with Crippen molar-refractivity contribution in [2.24, 2.45) is 0 Å². The van der Waals surface area contributed by atoms with E-state index in [1.807, 2.05) is 26.8 Å². The molecular formula is C12H17NO2S2. The van der Waals surface area contributed by atoms with E-state index in [-0.39, 0.29) is 0 Å². The molecule has 0 spiro atoms. The monoisotopic (exact) mass is 271 g/mol. The Morgan fingerprint density at radius 3 is 2.35 bits per heavy atom. The van der Waals surface area contributed by atoms with Gasteiger partial charge >= 0.3 is 0 Å². The Kier molecular flexibility index (Phi) is 3.52. The molecule has 3 nitrogen and oxygen atoms in total. The molecule has 0 N–H and O–H groups in total. The molecule has 0 unspecified atom stereocenters. The van der Waals surface area contributed by atoms with Crippen molar-refractivity contribution in [3.63, 3.8) is 0 Å². The summed E-state index contributed by atoms with van der Waals surface area (Å²) in [7, 11) is -3.30. The zero-order chi connectivity index (χ0) is 12.6. The first-order valence-corrected chi connectivity index (χ1v) is 8.18. The summed E-state index contributed by atoms with van der Waals surface area (Å²) in [6.45, 7) is 6.44. The molecule has 0 amide bonds. The highest BCUT2D eigenvalue weighted by atomic mass is 32.2. The van der Waals surface area contributed by atoms with Gasteiger partial charge in [0.15, 0.2) is 0 Å². The molecule has 1 aromatic rings. The number of aryl methyl sites for hydroxylation is 3. The minimum atomic E-state index is -3.30. The maximum Gasteiger partial charge on any atom is 0.244 e. The number of sulfonamides is 1. The van der Waals surface area contributed by atoms with Crippen LogP contribution in [0, 0.1) is 20.8 Å². The Balaban J connectivity index is 2.49. The summed E-state index contributed by atoms with van der Waals surface area (Å²) < 4.78 is 26.4. The maximum atomic E-state index is 12.4. The van der Waals surface area contributed by atoms with E-state index in [1.54, 1.807) is 22.1 Å². The van der Waals surface area contributed by atoms with Crippen LogP contribution in [-0.2, 0) is 10.0 Å². The van der Waals surface area contributed by atoms with Crippen LogP contribution in [0.2, 0.25) is 0 Å². The highest BCUT2D eigenvalue weighted by molar-refractivity contribution is 8.00. The van der Waals surface area contributed by atoms with Crippen LogP contribution in [0.1, 0.15) is 16.7 Å².